The molecule has 0 spiro atoms. The second-order valence-electron chi connectivity index (χ2n) is 4.51. The van der Waals surface area contributed by atoms with Crippen LogP contribution in [-0.2, 0) is 4.79 Å². The number of amides is 1. The molecule has 0 atom stereocenters. The van der Waals surface area contributed by atoms with Gasteiger partial charge in [0.05, 0.1) is 0 Å². The van der Waals surface area contributed by atoms with E-state index in [0.717, 1.165) is 10.9 Å². The van der Waals surface area contributed by atoms with Crippen LogP contribution in [0.3, 0.4) is 0 Å². The summed E-state index contributed by atoms with van der Waals surface area (Å²) in [5, 5.41) is 4.74. The van der Waals surface area contributed by atoms with E-state index >= 15 is 0 Å². The molecule has 0 unspecified atom stereocenters. The quantitative estimate of drug-likeness (QED) is 0.472. The topological polar surface area (TPSA) is 29.4 Å². The summed E-state index contributed by atoms with van der Waals surface area (Å²) in [4.78, 5) is 14.8. The minimum Gasteiger partial charge on any atom is -0.273 e. The summed E-state index contributed by atoms with van der Waals surface area (Å²) in [7, 11) is 0. The molecule has 0 saturated carbocycles. The third kappa shape index (κ3) is 2.13. The largest absolute Gasteiger partial charge is 0.273 e. The van der Waals surface area contributed by atoms with Crippen LogP contribution < -0.4 is 0 Å². The molecule has 0 saturated heterocycles. The molecule has 3 aromatic carbocycles. The van der Waals surface area contributed by atoms with Crippen molar-refractivity contribution in [3.05, 3.63) is 60.2 Å². The average molecular weight is 247 g/mol. The fourth-order valence-electron chi connectivity index (χ4n) is 2.34. The number of hydrogen-bond donors (Lipinski definition) is 0. The van der Waals surface area contributed by atoms with Crippen LogP contribution >= 0.6 is 0 Å². The molecule has 1 amide bonds. The zero-order chi connectivity index (χ0) is 13.2. The molecule has 0 aromatic heterocycles. The summed E-state index contributed by atoms with van der Waals surface area (Å²) in [5.41, 5.74) is 0.971. The maximum absolute atomic E-state index is 11.0. The van der Waals surface area contributed by atoms with Crippen molar-refractivity contribution in [2.24, 2.45) is 4.99 Å². The highest BCUT2D eigenvalue weighted by Gasteiger charge is 2.02. The molecule has 92 valence electrons. The minimum atomic E-state index is -0.183. The molecular weight excluding hydrogens is 234 g/mol. The number of nitrogens with zero attached hydrogens (tertiary/aromatic N) is 1. The van der Waals surface area contributed by atoms with Gasteiger partial charge in [-0.15, -0.1) is 0 Å². The van der Waals surface area contributed by atoms with Crippen LogP contribution in [0.2, 0.25) is 0 Å². The lowest BCUT2D eigenvalue weighted by Gasteiger charge is -2.06. The number of hydrogen-bond acceptors (Lipinski definition) is 1. The smallest absolute Gasteiger partial charge is 0.242 e. The van der Waals surface area contributed by atoms with E-state index in [1.165, 1.54) is 23.1 Å². The van der Waals surface area contributed by atoms with E-state index in [2.05, 4.69) is 35.3 Å². The summed E-state index contributed by atoms with van der Waals surface area (Å²) in [5.74, 6) is -0.183. The average Bonchev–Trinajstić information content (AvgIpc) is 2.44. The molecule has 0 N–H and O–H groups in total. The van der Waals surface area contributed by atoms with Crippen molar-refractivity contribution >= 4 is 33.7 Å². The Balaban J connectivity index is 2.32. The molecule has 2 heteroatoms. The lowest BCUT2D eigenvalue weighted by Crippen LogP contribution is -1.89. The van der Waals surface area contributed by atoms with Gasteiger partial charge in [-0.2, -0.15) is 0 Å². The number of aliphatic imine (C=N–C) groups is 1. The second kappa shape index (κ2) is 4.65. The summed E-state index contributed by atoms with van der Waals surface area (Å²) in [6.45, 7) is 1.46. The SMILES string of the molecule is CC(=O)N=Cc1cccc2c1ccc1ccccc12. The summed E-state index contributed by atoms with van der Waals surface area (Å²) >= 11 is 0. The molecule has 0 aliphatic carbocycles. The van der Waals surface area contributed by atoms with Gasteiger partial charge in [-0.05, 0) is 21.5 Å². The van der Waals surface area contributed by atoms with Crippen LogP contribution in [0.4, 0.5) is 0 Å². The third-order valence-electron chi connectivity index (χ3n) is 3.21. The molecule has 2 nitrogen and oxygen atoms in total. The monoisotopic (exact) mass is 247 g/mol. The Morgan fingerprint density at radius 2 is 1.68 bits per heavy atom. The molecule has 0 aliphatic heterocycles. The Morgan fingerprint density at radius 3 is 2.53 bits per heavy atom. The molecule has 0 aliphatic rings. The van der Waals surface area contributed by atoms with Crippen molar-refractivity contribution < 1.29 is 4.79 Å². The Hall–Kier alpha value is -2.48. The summed E-state index contributed by atoms with van der Waals surface area (Å²) in [6.07, 6.45) is 1.64. The minimum absolute atomic E-state index is 0.183. The Bertz CT molecular complexity index is 803. The molecule has 0 radical (unpaired) electrons. The van der Waals surface area contributed by atoms with Crippen molar-refractivity contribution in [2.75, 3.05) is 0 Å². The van der Waals surface area contributed by atoms with Crippen LogP contribution in [0.1, 0.15) is 12.5 Å². The van der Waals surface area contributed by atoms with Gasteiger partial charge in [0.25, 0.3) is 0 Å². The zero-order valence-electron chi connectivity index (χ0n) is 10.6. The number of rotatable bonds is 1. The Kier molecular flexibility index (Phi) is 2.84. The number of benzene rings is 3. The van der Waals surface area contributed by atoms with Gasteiger partial charge in [-0.1, -0.05) is 54.6 Å². The van der Waals surface area contributed by atoms with E-state index < -0.39 is 0 Å². The van der Waals surface area contributed by atoms with Gasteiger partial charge in [-0.25, -0.2) is 4.99 Å². The summed E-state index contributed by atoms with van der Waals surface area (Å²) in [6, 6.07) is 18.5. The summed E-state index contributed by atoms with van der Waals surface area (Å²) < 4.78 is 0. The lowest BCUT2D eigenvalue weighted by molar-refractivity contribution is -0.115. The van der Waals surface area contributed by atoms with Gasteiger partial charge >= 0.3 is 0 Å². The van der Waals surface area contributed by atoms with Gasteiger partial charge in [0.2, 0.25) is 5.91 Å². The Labute approximate surface area is 111 Å². The highest BCUT2D eigenvalue weighted by molar-refractivity contribution is 6.13. The van der Waals surface area contributed by atoms with Crippen molar-refractivity contribution in [1.29, 1.82) is 0 Å². The van der Waals surface area contributed by atoms with Crippen LogP contribution in [0.5, 0.6) is 0 Å². The van der Waals surface area contributed by atoms with Gasteiger partial charge in [0.1, 0.15) is 0 Å². The molecule has 0 fully saturated rings. The maximum Gasteiger partial charge on any atom is 0.242 e. The van der Waals surface area contributed by atoms with E-state index in [1.807, 2.05) is 24.3 Å². The highest BCUT2D eigenvalue weighted by Crippen LogP contribution is 2.26. The van der Waals surface area contributed by atoms with Crippen LogP contribution in [0.25, 0.3) is 21.5 Å². The molecule has 3 aromatic rings. The van der Waals surface area contributed by atoms with Gasteiger partial charge in [0.15, 0.2) is 0 Å². The molecule has 0 heterocycles. The standard InChI is InChI=1S/C17H13NO/c1-12(19)18-11-14-6-4-8-17-15-7-3-2-5-13(15)9-10-16(14)17/h2-11H,1H3. The molecule has 19 heavy (non-hydrogen) atoms. The second-order valence-corrected chi connectivity index (χ2v) is 4.51. The van der Waals surface area contributed by atoms with Gasteiger partial charge < -0.3 is 0 Å². The van der Waals surface area contributed by atoms with Crippen molar-refractivity contribution in [1.82, 2.24) is 0 Å². The van der Waals surface area contributed by atoms with E-state index in [1.54, 1.807) is 6.21 Å². The first-order valence-corrected chi connectivity index (χ1v) is 6.21. The van der Waals surface area contributed by atoms with Crippen LogP contribution in [-0.4, -0.2) is 12.1 Å². The first-order chi connectivity index (χ1) is 9.25. The Morgan fingerprint density at radius 1 is 0.895 bits per heavy atom. The number of carbonyl (C=O) groups is 1. The highest BCUT2D eigenvalue weighted by atomic mass is 16.1. The lowest BCUT2D eigenvalue weighted by atomic mass is 9.99. The van der Waals surface area contributed by atoms with Crippen molar-refractivity contribution in [2.45, 2.75) is 6.92 Å². The van der Waals surface area contributed by atoms with Gasteiger partial charge in [0, 0.05) is 18.7 Å². The van der Waals surface area contributed by atoms with Crippen molar-refractivity contribution in [3.63, 3.8) is 0 Å². The third-order valence-corrected chi connectivity index (χ3v) is 3.21. The fraction of sp³-hybridized carbons (Fsp3) is 0.0588. The van der Waals surface area contributed by atoms with Gasteiger partial charge in [-0.3, -0.25) is 4.79 Å². The van der Waals surface area contributed by atoms with E-state index in [9.17, 15) is 4.79 Å². The van der Waals surface area contributed by atoms with E-state index in [0.29, 0.717) is 0 Å². The number of fused-ring (bicyclic) bond motifs is 3. The zero-order valence-corrected chi connectivity index (χ0v) is 10.6. The maximum atomic E-state index is 11.0. The van der Waals surface area contributed by atoms with E-state index in [4.69, 9.17) is 0 Å². The predicted octanol–water partition coefficient (Wildman–Crippen LogP) is 3.96. The van der Waals surface area contributed by atoms with Crippen LogP contribution in [0, 0.1) is 0 Å². The number of carbonyl (C=O) groups excluding carboxylic acids is 1. The normalized spacial score (nSPS) is 11.4. The van der Waals surface area contributed by atoms with Crippen molar-refractivity contribution in [3.8, 4) is 0 Å². The van der Waals surface area contributed by atoms with Crippen LogP contribution in [0.15, 0.2) is 59.6 Å². The first-order valence-electron chi connectivity index (χ1n) is 6.21. The first kappa shape index (κ1) is 11.6. The fourth-order valence-corrected chi connectivity index (χ4v) is 2.34. The molecular formula is C17H13NO. The molecule has 3 rings (SSSR count). The predicted molar refractivity (Wildman–Crippen MR) is 79.7 cm³/mol. The van der Waals surface area contributed by atoms with E-state index in [-0.39, 0.29) is 5.91 Å². The molecule has 0 bridgehead atoms.